The van der Waals surface area contributed by atoms with E-state index in [4.69, 9.17) is 23.9 Å². The summed E-state index contributed by atoms with van der Waals surface area (Å²) in [5, 5.41) is 8.63. The van der Waals surface area contributed by atoms with Gasteiger partial charge in [-0.1, -0.05) is 235 Å². The van der Waals surface area contributed by atoms with Gasteiger partial charge in [0, 0.05) is 22.0 Å². The molecule has 8 aromatic carbocycles. The molecule has 6 aliphatic rings. The first-order chi connectivity index (χ1) is 42.2. The molecule has 8 heteroatoms. The molecule has 0 saturated heterocycles. The Bertz CT molecular complexity index is 4020. The second-order valence-electron chi connectivity index (χ2n) is 30.7. The fourth-order valence-electron chi connectivity index (χ4n) is 17.2. The topological polar surface area (TPSA) is 52.4 Å². The third-order valence-corrected chi connectivity index (χ3v) is 26.1. The summed E-state index contributed by atoms with van der Waals surface area (Å²) in [5.41, 5.74) is 19.5. The minimum Gasteiger partial charge on any atom is -0.475 e. The highest BCUT2D eigenvalue weighted by atomic mass is 31.1. The zero-order valence-corrected chi connectivity index (χ0v) is 58.6. The molecule has 0 unspecified atom stereocenters. The van der Waals surface area contributed by atoms with Crippen LogP contribution in [0.2, 0.25) is 19.6 Å². The van der Waals surface area contributed by atoms with E-state index in [0.717, 1.165) is 37.5 Å². The van der Waals surface area contributed by atoms with E-state index in [9.17, 15) is 0 Å². The van der Waals surface area contributed by atoms with E-state index in [1.54, 1.807) is 11.1 Å². The molecule has 0 aromatic heterocycles. The van der Waals surface area contributed by atoms with Crippen LogP contribution >= 0.6 is 15.8 Å². The lowest BCUT2D eigenvalue weighted by Crippen LogP contribution is -2.34. The van der Waals surface area contributed by atoms with Crippen molar-refractivity contribution in [3.63, 3.8) is 0 Å². The molecule has 2 spiro atoms. The number of hydrogen-bond donors (Lipinski definition) is 0. The van der Waals surface area contributed by atoms with Crippen molar-refractivity contribution in [3.05, 3.63) is 248 Å². The maximum absolute atomic E-state index is 6.53. The van der Waals surface area contributed by atoms with Crippen LogP contribution in [0, 0.1) is 27.7 Å². The summed E-state index contributed by atoms with van der Waals surface area (Å²) in [7, 11) is -3.21. The molecule has 0 N–H and O–H groups in total. The van der Waals surface area contributed by atoms with E-state index in [0.29, 0.717) is 19.8 Å². The maximum atomic E-state index is 6.53. The van der Waals surface area contributed by atoms with Gasteiger partial charge in [-0.15, -0.1) is 0 Å². The molecule has 2 aliphatic heterocycles. The third-order valence-electron chi connectivity index (χ3n) is 20.1. The van der Waals surface area contributed by atoms with Gasteiger partial charge in [0.25, 0.3) is 0 Å². The van der Waals surface area contributed by atoms with E-state index in [1.807, 2.05) is 0 Å². The lowest BCUT2D eigenvalue weighted by Gasteiger charge is -2.34. The summed E-state index contributed by atoms with van der Waals surface area (Å²) in [5.74, 6) is 1.65. The lowest BCUT2D eigenvalue weighted by atomic mass is 9.71. The highest BCUT2D eigenvalue weighted by molar-refractivity contribution is 7.80. The Kier molecular flexibility index (Phi) is 15.6. The molecule has 0 bridgehead atoms. The average Bonchev–Trinajstić information content (AvgIpc) is 1.53. The van der Waals surface area contributed by atoms with Gasteiger partial charge in [0.05, 0.1) is 12.6 Å². The molecule has 0 saturated carbocycles. The van der Waals surface area contributed by atoms with E-state index in [2.05, 4.69) is 280 Å². The number of aliphatic imine (C=N–C) groups is 2. The van der Waals surface area contributed by atoms with Crippen molar-refractivity contribution in [2.24, 2.45) is 9.98 Å². The molecule has 89 heavy (non-hydrogen) atoms. The first kappa shape index (κ1) is 61.6. The van der Waals surface area contributed by atoms with Gasteiger partial charge in [-0.05, 0) is 206 Å². The number of fused-ring (bicyclic) bond motifs is 8. The second-order valence-corrected chi connectivity index (χ2v) is 39.6. The Morgan fingerprint density at radius 3 is 1.07 bits per heavy atom. The quantitative estimate of drug-likeness (QED) is 0.0958. The lowest BCUT2D eigenvalue weighted by molar-refractivity contribution is 0.239. The van der Waals surface area contributed by atoms with Gasteiger partial charge in [0.2, 0.25) is 11.8 Å². The van der Waals surface area contributed by atoms with E-state index >= 15 is 0 Å². The SMILES string of the molecule is Cc1cc(C2=N[C@@H](C)CO2)c2c(c1)C(C)(C)C[C@]21CC(C)(C)c2cc(C)cc(P(c3ccccc3)c3ccccc3)c21.Cc1cc(C2=N[C@@H](CO[Si](C)(C)C)CO2)c2c(c1)C(C)(C)C[C@@]21CC(C)(C)c2cc(C)cc(P(c3ccccc3)c3ccccc3)c21. The summed E-state index contributed by atoms with van der Waals surface area (Å²) in [6, 6.07) is 64.8. The molecule has 4 atom stereocenters. The molecule has 0 amide bonds. The third kappa shape index (κ3) is 11.0. The summed E-state index contributed by atoms with van der Waals surface area (Å²) in [6.07, 6.45) is 4.32. The normalized spacial score (nSPS) is 22.7. The fraction of sp³-hybridized carbons (Fsp3) is 0.383. The van der Waals surface area contributed by atoms with Crippen LogP contribution in [0.15, 0.2) is 180 Å². The van der Waals surface area contributed by atoms with Crippen LogP contribution in [0.3, 0.4) is 0 Å². The van der Waals surface area contributed by atoms with Gasteiger partial charge < -0.3 is 13.9 Å². The van der Waals surface area contributed by atoms with Crippen molar-refractivity contribution in [3.8, 4) is 0 Å². The van der Waals surface area contributed by atoms with Crippen LogP contribution in [-0.4, -0.2) is 52.0 Å². The molecular weight excluding hydrogens is 1140 g/mol. The molecule has 8 aromatic rings. The fourth-order valence-corrected chi connectivity index (χ4v) is 23.3. The Hall–Kier alpha value is -6.26. The summed E-state index contributed by atoms with van der Waals surface area (Å²) < 4.78 is 19.2. The number of benzene rings is 8. The molecule has 0 fully saturated rings. The number of aryl methyl sites for hydroxylation is 4. The molecule has 458 valence electrons. The Morgan fingerprint density at radius 2 is 0.742 bits per heavy atom. The van der Waals surface area contributed by atoms with Gasteiger partial charge in [0.1, 0.15) is 19.3 Å². The number of rotatable bonds is 11. The molecule has 4 aliphatic carbocycles. The smallest absolute Gasteiger partial charge is 0.216 e. The van der Waals surface area contributed by atoms with Gasteiger partial charge in [-0.3, -0.25) is 0 Å². The van der Waals surface area contributed by atoms with Crippen LogP contribution in [0.4, 0.5) is 0 Å². The Labute approximate surface area is 535 Å². The van der Waals surface area contributed by atoms with Crippen LogP contribution in [0.5, 0.6) is 0 Å². The number of hydrogen-bond acceptors (Lipinski definition) is 5. The first-order valence-electron chi connectivity index (χ1n) is 32.7. The average molecular weight is 1230 g/mol. The van der Waals surface area contributed by atoms with E-state index in [-0.39, 0.29) is 44.6 Å². The van der Waals surface area contributed by atoms with E-state index in [1.165, 1.54) is 98.6 Å². The summed E-state index contributed by atoms with van der Waals surface area (Å²) in [6.45, 7) is 39.5. The van der Waals surface area contributed by atoms with Gasteiger partial charge in [-0.25, -0.2) is 9.98 Å². The van der Waals surface area contributed by atoms with Crippen molar-refractivity contribution in [2.75, 3.05) is 19.8 Å². The van der Waals surface area contributed by atoms with Crippen LogP contribution in [0.1, 0.15) is 166 Å². The minimum absolute atomic E-state index is 0.00227. The van der Waals surface area contributed by atoms with Gasteiger partial charge in [0.15, 0.2) is 8.32 Å². The highest BCUT2D eigenvalue weighted by Crippen LogP contribution is 2.66. The molecular formula is C81H92N2O3P2Si. The predicted octanol–water partition coefficient (Wildman–Crippen LogP) is 16.6. The second kappa shape index (κ2) is 22.5. The van der Waals surface area contributed by atoms with Crippen molar-refractivity contribution < 1.29 is 13.9 Å². The standard InChI is InChI=1S/C42H50NO2PSi.C39H42NOP/c1-28-20-33(39-43-30(24-44-39)25-45-47(7,8)9)37-34(21-28)40(3,4)26-42(37)27-41(5,6)35-22-29(2)23-36(38(35)42)46(31-16-12-10-13-17-31)32-18-14-11-15-19-32;1-25-18-30(36-40-27(3)22-41-36)34-31(19-25)37(4,5)23-39(34)24-38(6,7)32-20-26(2)21-33(35(32)39)42(28-14-10-8-11-15-28)29-16-12-9-13-17-29/h10-23,30H,24-27H2,1-9H3;8-21,27H,22-24H2,1-7H3/t30-,42-;27-,39-/m10/s1. The monoisotopic (exact) mass is 1230 g/mol. The van der Waals surface area contributed by atoms with Crippen molar-refractivity contribution in [1.29, 1.82) is 0 Å². The summed E-state index contributed by atoms with van der Waals surface area (Å²) >= 11 is 0. The molecule has 5 nitrogen and oxygen atoms in total. The Morgan fingerprint density at radius 1 is 0.427 bits per heavy atom. The van der Waals surface area contributed by atoms with E-state index < -0.39 is 24.2 Å². The Balaban J connectivity index is 0.000000165. The molecule has 0 radical (unpaired) electrons. The van der Waals surface area contributed by atoms with Crippen molar-refractivity contribution >= 4 is 67.8 Å². The zero-order valence-electron chi connectivity index (χ0n) is 55.8. The number of nitrogens with zero attached hydrogens (tertiary/aromatic N) is 2. The minimum atomic E-state index is -1.65. The zero-order chi connectivity index (χ0) is 62.8. The van der Waals surface area contributed by atoms with Gasteiger partial charge in [-0.2, -0.15) is 0 Å². The maximum Gasteiger partial charge on any atom is 0.216 e. The van der Waals surface area contributed by atoms with Crippen molar-refractivity contribution in [2.45, 2.75) is 180 Å². The van der Waals surface area contributed by atoms with Crippen molar-refractivity contribution in [1.82, 2.24) is 0 Å². The molecule has 14 rings (SSSR count). The highest BCUT2D eigenvalue weighted by Gasteiger charge is 2.61. The van der Waals surface area contributed by atoms with Crippen LogP contribution in [-0.2, 0) is 46.4 Å². The number of ether oxygens (including phenoxy) is 2. The molecule has 2 heterocycles. The predicted molar refractivity (Wildman–Crippen MR) is 382 cm³/mol. The van der Waals surface area contributed by atoms with Gasteiger partial charge >= 0.3 is 0 Å². The summed E-state index contributed by atoms with van der Waals surface area (Å²) in [4.78, 5) is 10.3. The largest absolute Gasteiger partial charge is 0.475 e. The van der Waals surface area contributed by atoms with Crippen LogP contribution in [0.25, 0.3) is 0 Å². The van der Waals surface area contributed by atoms with Crippen LogP contribution < -0.4 is 31.8 Å². The first-order valence-corrected chi connectivity index (χ1v) is 38.8.